The zero-order valence-corrected chi connectivity index (χ0v) is 9.80. The maximum absolute atomic E-state index is 5.36. The van der Waals surface area contributed by atoms with Gasteiger partial charge < -0.3 is 10.1 Å². The Bertz CT molecular complexity index is 488. The Labute approximate surface area is 101 Å². The largest absolute Gasteiger partial charge is 0.381 e. The van der Waals surface area contributed by atoms with Gasteiger partial charge in [-0.3, -0.25) is 0 Å². The van der Waals surface area contributed by atoms with Gasteiger partial charge in [0.2, 0.25) is 0 Å². The van der Waals surface area contributed by atoms with Crippen molar-refractivity contribution in [3.63, 3.8) is 0 Å². The molecule has 0 spiro atoms. The third kappa shape index (κ3) is 2.33. The number of hydrogen-bond acceptors (Lipinski definition) is 3. The standard InChI is InChI=1S/C13H17N3O/c1-2-5-16-13(3-1)12(9-15-16)8-14-7-11-4-6-17-10-11/h1-3,5,9,11,14H,4,6-8,10H2. The summed E-state index contributed by atoms with van der Waals surface area (Å²) in [5, 5.41) is 7.81. The van der Waals surface area contributed by atoms with E-state index in [1.54, 1.807) is 0 Å². The van der Waals surface area contributed by atoms with Crippen molar-refractivity contribution in [1.29, 1.82) is 0 Å². The van der Waals surface area contributed by atoms with Gasteiger partial charge in [-0.15, -0.1) is 0 Å². The summed E-state index contributed by atoms with van der Waals surface area (Å²) in [7, 11) is 0. The van der Waals surface area contributed by atoms with E-state index in [1.165, 1.54) is 17.5 Å². The lowest BCUT2D eigenvalue weighted by Crippen LogP contribution is -2.22. The Morgan fingerprint density at radius 2 is 2.47 bits per heavy atom. The van der Waals surface area contributed by atoms with Gasteiger partial charge in [0.15, 0.2) is 0 Å². The fraction of sp³-hybridized carbons (Fsp3) is 0.462. The maximum Gasteiger partial charge on any atom is 0.0706 e. The lowest BCUT2D eigenvalue weighted by molar-refractivity contribution is 0.185. The summed E-state index contributed by atoms with van der Waals surface area (Å²) in [5.74, 6) is 0.678. The third-order valence-corrected chi connectivity index (χ3v) is 3.28. The molecule has 90 valence electrons. The lowest BCUT2D eigenvalue weighted by atomic mass is 10.1. The van der Waals surface area contributed by atoms with Crippen LogP contribution in [0.25, 0.3) is 5.52 Å². The Hall–Kier alpha value is -1.39. The van der Waals surface area contributed by atoms with Crippen molar-refractivity contribution in [2.24, 2.45) is 5.92 Å². The number of ether oxygens (including phenoxy) is 1. The molecule has 1 fully saturated rings. The van der Waals surface area contributed by atoms with E-state index in [9.17, 15) is 0 Å². The molecular formula is C13H17N3O. The highest BCUT2D eigenvalue weighted by Gasteiger charge is 2.14. The fourth-order valence-electron chi connectivity index (χ4n) is 2.28. The quantitative estimate of drug-likeness (QED) is 0.865. The van der Waals surface area contributed by atoms with Crippen LogP contribution in [0.2, 0.25) is 0 Å². The van der Waals surface area contributed by atoms with Gasteiger partial charge in [-0.2, -0.15) is 5.10 Å². The van der Waals surface area contributed by atoms with E-state index in [2.05, 4.69) is 16.5 Å². The molecule has 3 heterocycles. The van der Waals surface area contributed by atoms with Crippen molar-refractivity contribution >= 4 is 5.52 Å². The van der Waals surface area contributed by atoms with Crippen LogP contribution in [0.4, 0.5) is 0 Å². The van der Waals surface area contributed by atoms with Crippen LogP contribution in [0.5, 0.6) is 0 Å². The molecule has 3 rings (SSSR count). The Morgan fingerprint density at radius 3 is 3.35 bits per heavy atom. The normalized spacial score (nSPS) is 20.1. The first-order valence-electron chi connectivity index (χ1n) is 6.13. The molecular weight excluding hydrogens is 214 g/mol. The first kappa shape index (κ1) is 10.7. The van der Waals surface area contributed by atoms with Crippen LogP contribution in [0.15, 0.2) is 30.6 Å². The van der Waals surface area contributed by atoms with Gasteiger partial charge in [0.05, 0.1) is 18.3 Å². The fourth-order valence-corrected chi connectivity index (χ4v) is 2.28. The van der Waals surface area contributed by atoms with E-state index in [-0.39, 0.29) is 0 Å². The Kier molecular flexibility index (Phi) is 3.07. The van der Waals surface area contributed by atoms with E-state index in [0.29, 0.717) is 5.92 Å². The lowest BCUT2D eigenvalue weighted by Gasteiger charge is -2.08. The minimum Gasteiger partial charge on any atom is -0.381 e. The number of nitrogens with zero attached hydrogens (tertiary/aromatic N) is 2. The van der Waals surface area contributed by atoms with Crippen molar-refractivity contribution in [1.82, 2.24) is 14.9 Å². The highest BCUT2D eigenvalue weighted by molar-refractivity contribution is 5.53. The number of aromatic nitrogens is 2. The molecule has 1 unspecified atom stereocenters. The van der Waals surface area contributed by atoms with Crippen molar-refractivity contribution in [3.05, 3.63) is 36.2 Å². The van der Waals surface area contributed by atoms with Crippen LogP contribution >= 0.6 is 0 Å². The third-order valence-electron chi connectivity index (χ3n) is 3.28. The molecule has 2 aromatic heterocycles. The zero-order valence-electron chi connectivity index (χ0n) is 9.80. The second-order valence-electron chi connectivity index (χ2n) is 4.56. The van der Waals surface area contributed by atoms with E-state index in [1.807, 2.05) is 29.0 Å². The monoisotopic (exact) mass is 231 g/mol. The van der Waals surface area contributed by atoms with Crippen LogP contribution in [-0.4, -0.2) is 29.4 Å². The summed E-state index contributed by atoms with van der Waals surface area (Å²) < 4.78 is 7.27. The molecule has 1 aliphatic heterocycles. The van der Waals surface area contributed by atoms with Gasteiger partial charge in [0, 0.05) is 31.5 Å². The second-order valence-corrected chi connectivity index (χ2v) is 4.56. The number of pyridine rings is 1. The van der Waals surface area contributed by atoms with Crippen LogP contribution < -0.4 is 5.32 Å². The Morgan fingerprint density at radius 1 is 1.47 bits per heavy atom. The minimum atomic E-state index is 0.678. The molecule has 0 amide bonds. The van der Waals surface area contributed by atoms with Crippen molar-refractivity contribution < 1.29 is 4.74 Å². The predicted molar refractivity (Wildman–Crippen MR) is 65.8 cm³/mol. The SMILES string of the molecule is c1ccn2ncc(CNCC3CCOC3)c2c1. The second kappa shape index (κ2) is 4.85. The first-order valence-corrected chi connectivity index (χ1v) is 6.13. The predicted octanol–water partition coefficient (Wildman–Crippen LogP) is 1.46. The molecule has 0 bridgehead atoms. The molecule has 1 atom stereocenters. The van der Waals surface area contributed by atoms with Crippen molar-refractivity contribution in [2.45, 2.75) is 13.0 Å². The first-order chi connectivity index (χ1) is 8.43. The summed E-state index contributed by atoms with van der Waals surface area (Å²) in [5.41, 5.74) is 2.44. The van der Waals surface area contributed by atoms with E-state index < -0.39 is 0 Å². The smallest absolute Gasteiger partial charge is 0.0706 e. The van der Waals surface area contributed by atoms with Crippen LogP contribution in [0.1, 0.15) is 12.0 Å². The number of hydrogen-bond donors (Lipinski definition) is 1. The highest BCUT2D eigenvalue weighted by atomic mass is 16.5. The molecule has 2 aromatic rings. The van der Waals surface area contributed by atoms with E-state index in [4.69, 9.17) is 4.74 Å². The molecule has 1 aliphatic rings. The molecule has 4 nitrogen and oxygen atoms in total. The summed E-state index contributed by atoms with van der Waals surface area (Å²) in [6, 6.07) is 6.14. The molecule has 0 aromatic carbocycles. The van der Waals surface area contributed by atoms with Gasteiger partial charge in [-0.1, -0.05) is 6.07 Å². The zero-order chi connectivity index (χ0) is 11.5. The summed E-state index contributed by atoms with van der Waals surface area (Å²) in [4.78, 5) is 0. The summed E-state index contributed by atoms with van der Waals surface area (Å²) in [6.45, 7) is 3.74. The molecule has 0 saturated carbocycles. The number of rotatable bonds is 4. The minimum absolute atomic E-state index is 0.678. The molecule has 1 saturated heterocycles. The van der Waals surface area contributed by atoms with Crippen LogP contribution in [-0.2, 0) is 11.3 Å². The van der Waals surface area contributed by atoms with Gasteiger partial charge in [-0.25, -0.2) is 4.52 Å². The summed E-state index contributed by atoms with van der Waals surface area (Å²) in [6.07, 6.45) is 5.10. The van der Waals surface area contributed by atoms with Gasteiger partial charge in [-0.05, 0) is 24.5 Å². The van der Waals surface area contributed by atoms with Crippen molar-refractivity contribution in [2.75, 3.05) is 19.8 Å². The topological polar surface area (TPSA) is 38.6 Å². The molecule has 0 aliphatic carbocycles. The average Bonchev–Trinajstić information content (AvgIpc) is 2.99. The number of fused-ring (bicyclic) bond motifs is 1. The average molecular weight is 231 g/mol. The molecule has 0 radical (unpaired) electrons. The van der Waals surface area contributed by atoms with Gasteiger partial charge >= 0.3 is 0 Å². The van der Waals surface area contributed by atoms with Crippen LogP contribution in [0.3, 0.4) is 0 Å². The molecule has 1 N–H and O–H groups in total. The highest BCUT2D eigenvalue weighted by Crippen LogP contribution is 2.12. The molecule has 4 heteroatoms. The maximum atomic E-state index is 5.36. The Balaban J connectivity index is 1.60. The van der Waals surface area contributed by atoms with Gasteiger partial charge in [0.1, 0.15) is 0 Å². The van der Waals surface area contributed by atoms with E-state index in [0.717, 1.165) is 26.3 Å². The summed E-state index contributed by atoms with van der Waals surface area (Å²) >= 11 is 0. The van der Waals surface area contributed by atoms with E-state index >= 15 is 0 Å². The molecule has 17 heavy (non-hydrogen) atoms. The van der Waals surface area contributed by atoms with Gasteiger partial charge in [0.25, 0.3) is 0 Å². The van der Waals surface area contributed by atoms with Crippen molar-refractivity contribution in [3.8, 4) is 0 Å². The number of nitrogens with one attached hydrogen (secondary N) is 1. The van der Waals surface area contributed by atoms with Crippen LogP contribution in [0, 0.1) is 5.92 Å².